The molecule has 0 radical (unpaired) electrons. The normalized spacial score (nSPS) is 13.3. The van der Waals surface area contributed by atoms with Crippen LogP contribution in [0.4, 0.5) is 0 Å². The Balaban J connectivity index is 4.12. The molecule has 0 aromatic heterocycles. The summed E-state index contributed by atoms with van der Waals surface area (Å²) in [4.78, 5) is 37.9. The predicted octanol–water partition coefficient (Wildman–Crippen LogP) is 17.4. The van der Waals surface area contributed by atoms with E-state index in [0.29, 0.717) is 17.4 Å². The number of phosphoric acid groups is 1. The molecule has 0 amide bonds. The fourth-order valence-corrected chi connectivity index (χ4v) is 9.44. The molecule has 0 N–H and O–H groups in total. The minimum absolute atomic E-state index is 0.0274. The molecule has 0 fully saturated rings. The summed E-state index contributed by atoms with van der Waals surface area (Å²) in [6.45, 7) is 4.30. The van der Waals surface area contributed by atoms with Crippen molar-refractivity contribution in [3.8, 4) is 0 Å². The number of quaternary nitrogens is 1. The lowest BCUT2D eigenvalue weighted by molar-refractivity contribution is -0.870. The lowest BCUT2D eigenvalue weighted by Crippen LogP contribution is -2.37. The SMILES string of the molecule is CCCCCCCCCC/C=C\CCCCCCCCCCCC(=O)OC(COC(=O)CCCCCCCCCCCCCCCCCCCCCCCCC)COP(=O)([O-])OCC[N+](C)(C)C. The fraction of sp³-hybridized carbons (Fsp3) is 0.931. The van der Waals surface area contributed by atoms with E-state index in [1.54, 1.807) is 0 Å². The molecule has 10 heteroatoms. The predicted molar refractivity (Wildman–Crippen MR) is 287 cm³/mol. The highest BCUT2D eigenvalue weighted by Gasteiger charge is 2.22. The van der Waals surface area contributed by atoms with Crippen molar-refractivity contribution in [2.75, 3.05) is 47.5 Å². The summed E-state index contributed by atoms with van der Waals surface area (Å²) >= 11 is 0. The number of esters is 2. The number of ether oxygens (including phenoxy) is 2. The van der Waals surface area contributed by atoms with Gasteiger partial charge in [-0.3, -0.25) is 14.2 Å². The van der Waals surface area contributed by atoms with Crippen LogP contribution in [0.5, 0.6) is 0 Å². The minimum atomic E-state index is -4.63. The number of allylic oxidation sites excluding steroid dienone is 2. The number of carbonyl (C=O) groups excluding carboxylic acids is 2. The van der Waals surface area contributed by atoms with Gasteiger partial charge >= 0.3 is 11.9 Å². The first-order valence-corrected chi connectivity index (χ1v) is 30.9. The van der Waals surface area contributed by atoms with Gasteiger partial charge in [0.25, 0.3) is 7.82 Å². The van der Waals surface area contributed by atoms with Crippen LogP contribution < -0.4 is 4.89 Å². The number of likely N-dealkylation sites (N-methyl/N-ethyl adjacent to an activating group) is 1. The highest BCUT2D eigenvalue weighted by molar-refractivity contribution is 7.45. The van der Waals surface area contributed by atoms with Crippen molar-refractivity contribution < 1.29 is 42.1 Å². The van der Waals surface area contributed by atoms with Crippen LogP contribution in [-0.4, -0.2) is 70.0 Å². The maximum Gasteiger partial charge on any atom is 0.306 e. The number of unbranched alkanes of at least 4 members (excludes halogenated alkanes) is 39. The molecule has 0 aromatic carbocycles. The molecule has 0 saturated carbocycles. The third-order valence-electron chi connectivity index (χ3n) is 13.3. The number of hydrogen-bond acceptors (Lipinski definition) is 8. The molecule has 0 aromatic rings. The van der Waals surface area contributed by atoms with Crippen LogP contribution in [0.15, 0.2) is 12.2 Å². The van der Waals surface area contributed by atoms with E-state index in [1.807, 2.05) is 21.1 Å². The van der Waals surface area contributed by atoms with Gasteiger partial charge in [-0.1, -0.05) is 257 Å². The molecule has 404 valence electrons. The molecule has 0 aliphatic heterocycles. The van der Waals surface area contributed by atoms with Crippen LogP contribution in [0.3, 0.4) is 0 Å². The van der Waals surface area contributed by atoms with Crippen molar-refractivity contribution in [3.63, 3.8) is 0 Å². The van der Waals surface area contributed by atoms with Crippen LogP contribution in [0.1, 0.15) is 296 Å². The zero-order valence-corrected chi connectivity index (χ0v) is 46.7. The summed E-state index contributed by atoms with van der Waals surface area (Å²) in [5.41, 5.74) is 0. The molecule has 9 nitrogen and oxygen atoms in total. The van der Waals surface area contributed by atoms with Gasteiger partial charge in [-0.05, 0) is 38.5 Å². The zero-order chi connectivity index (χ0) is 49.9. The van der Waals surface area contributed by atoms with Crippen LogP contribution in [-0.2, 0) is 32.7 Å². The smallest absolute Gasteiger partial charge is 0.306 e. The molecule has 0 aliphatic rings. The van der Waals surface area contributed by atoms with Gasteiger partial charge in [0.15, 0.2) is 6.10 Å². The van der Waals surface area contributed by atoms with Crippen molar-refractivity contribution in [2.24, 2.45) is 0 Å². The number of hydrogen-bond donors (Lipinski definition) is 0. The van der Waals surface area contributed by atoms with Gasteiger partial charge in [0.2, 0.25) is 0 Å². The lowest BCUT2D eigenvalue weighted by atomic mass is 10.0. The molecule has 0 bridgehead atoms. The average Bonchev–Trinajstić information content (AvgIpc) is 3.30. The Hall–Kier alpha value is -1.25. The van der Waals surface area contributed by atoms with E-state index in [9.17, 15) is 19.0 Å². The molecule has 0 rings (SSSR count). The Morgan fingerprint density at radius 3 is 1.09 bits per heavy atom. The average molecular weight is 985 g/mol. The largest absolute Gasteiger partial charge is 0.756 e. The number of rotatable bonds is 55. The topological polar surface area (TPSA) is 111 Å². The number of nitrogens with zero attached hydrogens (tertiary/aromatic N) is 1. The van der Waals surface area contributed by atoms with E-state index in [1.165, 1.54) is 225 Å². The van der Waals surface area contributed by atoms with E-state index in [-0.39, 0.29) is 32.0 Å². The zero-order valence-electron chi connectivity index (χ0n) is 45.8. The molecular weight excluding hydrogens is 870 g/mol. The molecular formula is C58H114NO8P. The van der Waals surface area contributed by atoms with Crippen molar-refractivity contribution in [1.82, 2.24) is 0 Å². The molecule has 68 heavy (non-hydrogen) atoms. The van der Waals surface area contributed by atoms with Crippen molar-refractivity contribution in [1.29, 1.82) is 0 Å². The number of phosphoric ester groups is 1. The van der Waals surface area contributed by atoms with E-state index >= 15 is 0 Å². The molecule has 0 saturated heterocycles. The fourth-order valence-electron chi connectivity index (χ4n) is 8.71. The first kappa shape index (κ1) is 66.8. The highest BCUT2D eigenvalue weighted by atomic mass is 31.2. The van der Waals surface area contributed by atoms with Crippen molar-refractivity contribution in [3.05, 3.63) is 12.2 Å². The van der Waals surface area contributed by atoms with Crippen LogP contribution >= 0.6 is 7.82 Å². The van der Waals surface area contributed by atoms with E-state index in [2.05, 4.69) is 26.0 Å². The molecule has 0 heterocycles. The van der Waals surface area contributed by atoms with E-state index in [4.69, 9.17) is 18.5 Å². The molecule has 0 spiro atoms. The second-order valence-electron chi connectivity index (χ2n) is 21.4. The summed E-state index contributed by atoms with van der Waals surface area (Å²) in [6, 6.07) is 0. The Labute approximate surface area is 422 Å². The molecule has 2 unspecified atom stereocenters. The number of carbonyl (C=O) groups is 2. The van der Waals surface area contributed by atoms with E-state index in [0.717, 1.165) is 38.5 Å². The van der Waals surface area contributed by atoms with Crippen LogP contribution in [0.2, 0.25) is 0 Å². The quantitative estimate of drug-likeness (QED) is 0.0195. The standard InChI is InChI=1S/C58H114NO8P/c1-6-8-10-12-14-16-18-20-22-24-26-28-29-31-32-34-36-38-40-42-44-46-48-50-57(60)64-54-56(55-66-68(62,63)65-53-52-59(3,4)5)67-58(61)51-49-47-45-43-41-39-37-35-33-30-27-25-23-21-19-17-15-13-11-9-7-2/h25,27,56H,6-24,26,28-55H2,1-5H3/b27-25-. The Morgan fingerprint density at radius 1 is 0.441 bits per heavy atom. The summed E-state index contributed by atoms with van der Waals surface area (Å²) in [5.74, 6) is -0.816. The third-order valence-corrected chi connectivity index (χ3v) is 14.2. The summed E-state index contributed by atoms with van der Waals surface area (Å²) in [5, 5.41) is 0. The molecule has 2 atom stereocenters. The lowest BCUT2D eigenvalue weighted by Gasteiger charge is -2.28. The van der Waals surface area contributed by atoms with Gasteiger partial charge in [-0.2, -0.15) is 0 Å². The van der Waals surface area contributed by atoms with Gasteiger partial charge < -0.3 is 27.9 Å². The second kappa shape index (κ2) is 50.7. The Morgan fingerprint density at radius 2 is 0.750 bits per heavy atom. The first-order chi connectivity index (χ1) is 33.0. The third kappa shape index (κ3) is 54.1. The van der Waals surface area contributed by atoms with Gasteiger partial charge in [0.1, 0.15) is 19.8 Å². The van der Waals surface area contributed by atoms with Gasteiger partial charge in [0.05, 0.1) is 27.7 Å². The van der Waals surface area contributed by atoms with Gasteiger partial charge in [-0.15, -0.1) is 0 Å². The maximum absolute atomic E-state index is 12.8. The van der Waals surface area contributed by atoms with Gasteiger partial charge in [0, 0.05) is 12.8 Å². The van der Waals surface area contributed by atoms with Crippen molar-refractivity contribution in [2.45, 2.75) is 302 Å². The first-order valence-electron chi connectivity index (χ1n) is 29.4. The van der Waals surface area contributed by atoms with E-state index < -0.39 is 26.5 Å². The Kier molecular flexibility index (Phi) is 49.8. The Bertz CT molecular complexity index is 1160. The summed E-state index contributed by atoms with van der Waals surface area (Å²) in [6.07, 6.45) is 58.3. The van der Waals surface area contributed by atoms with Crippen LogP contribution in [0.25, 0.3) is 0 Å². The second-order valence-corrected chi connectivity index (χ2v) is 22.8. The van der Waals surface area contributed by atoms with Gasteiger partial charge in [-0.25, -0.2) is 0 Å². The maximum atomic E-state index is 12.8. The van der Waals surface area contributed by atoms with Crippen molar-refractivity contribution >= 4 is 19.8 Å². The highest BCUT2D eigenvalue weighted by Crippen LogP contribution is 2.38. The molecule has 0 aliphatic carbocycles. The monoisotopic (exact) mass is 984 g/mol. The minimum Gasteiger partial charge on any atom is -0.756 e. The van der Waals surface area contributed by atoms with Crippen LogP contribution in [0, 0.1) is 0 Å². The summed E-state index contributed by atoms with van der Waals surface area (Å²) in [7, 11) is 1.18. The summed E-state index contributed by atoms with van der Waals surface area (Å²) < 4.78 is 34.2.